The van der Waals surface area contributed by atoms with E-state index in [1.54, 1.807) is 12.1 Å². The van der Waals surface area contributed by atoms with E-state index < -0.39 is 0 Å². The van der Waals surface area contributed by atoms with Gasteiger partial charge in [-0.2, -0.15) is 0 Å². The van der Waals surface area contributed by atoms with Crippen LogP contribution in [0.3, 0.4) is 0 Å². The summed E-state index contributed by atoms with van der Waals surface area (Å²) in [4.78, 5) is 20.3. The van der Waals surface area contributed by atoms with Crippen molar-refractivity contribution < 1.29 is 4.79 Å². The van der Waals surface area contributed by atoms with Crippen LogP contribution in [0.1, 0.15) is 10.4 Å². The molecule has 3 rings (SSSR count). The van der Waals surface area contributed by atoms with E-state index in [0.717, 1.165) is 10.2 Å². The van der Waals surface area contributed by atoms with Crippen LogP contribution in [0.4, 0.5) is 10.8 Å². The molecule has 0 bridgehead atoms. The number of amides is 1. The largest absolute Gasteiger partial charge is 0.398 e. The third-order valence-electron chi connectivity index (χ3n) is 2.67. The van der Waals surface area contributed by atoms with Gasteiger partial charge in [0.2, 0.25) is 0 Å². The van der Waals surface area contributed by atoms with Gasteiger partial charge in [0.05, 0.1) is 15.8 Å². The van der Waals surface area contributed by atoms with Crippen molar-refractivity contribution in [3.8, 4) is 0 Å². The summed E-state index contributed by atoms with van der Waals surface area (Å²) in [7, 11) is 0. The molecule has 0 fully saturated rings. The van der Waals surface area contributed by atoms with Crippen molar-refractivity contribution in [3.63, 3.8) is 0 Å². The minimum absolute atomic E-state index is 0.324. The highest BCUT2D eigenvalue weighted by Crippen LogP contribution is 2.28. The van der Waals surface area contributed by atoms with Gasteiger partial charge in [-0.15, -0.1) is 0 Å². The zero-order valence-electron chi connectivity index (χ0n) is 10.1. The lowest BCUT2D eigenvalue weighted by atomic mass is 10.2. The summed E-state index contributed by atoms with van der Waals surface area (Å²) in [6.07, 6.45) is 2.96. The molecule has 1 amide bonds. The van der Waals surface area contributed by atoms with Crippen molar-refractivity contribution in [2.24, 2.45) is 0 Å². The third-order valence-corrected chi connectivity index (χ3v) is 3.84. The number of nitrogens with two attached hydrogens (primary N) is 1. The Hall–Kier alpha value is -2.18. The second kappa shape index (κ2) is 5.07. The van der Waals surface area contributed by atoms with Gasteiger partial charge in [-0.3, -0.25) is 15.1 Å². The molecule has 0 unspecified atom stereocenters. The highest BCUT2D eigenvalue weighted by Gasteiger charge is 2.12. The zero-order chi connectivity index (χ0) is 14.1. The topological polar surface area (TPSA) is 80.9 Å². The summed E-state index contributed by atoms with van der Waals surface area (Å²) in [5.74, 6) is -0.333. The number of halogens is 1. The van der Waals surface area contributed by atoms with Crippen LogP contribution < -0.4 is 11.1 Å². The van der Waals surface area contributed by atoms with Crippen molar-refractivity contribution in [1.29, 1.82) is 0 Å². The first-order chi connectivity index (χ1) is 9.63. The molecule has 0 aliphatic carbocycles. The second-order valence-electron chi connectivity index (χ2n) is 4.05. The van der Waals surface area contributed by atoms with E-state index >= 15 is 0 Å². The molecule has 0 saturated carbocycles. The predicted octanol–water partition coefficient (Wildman–Crippen LogP) is 3.18. The van der Waals surface area contributed by atoms with Crippen LogP contribution in [-0.2, 0) is 0 Å². The number of nitrogens with zero attached hydrogens (tertiary/aromatic N) is 2. The molecule has 3 aromatic rings. The molecule has 0 spiro atoms. The summed E-state index contributed by atoms with van der Waals surface area (Å²) in [5, 5.41) is 3.84. The molecular formula is C13H9ClN4OS. The Morgan fingerprint density at radius 2 is 2.20 bits per heavy atom. The second-order valence-corrected chi connectivity index (χ2v) is 5.52. The number of benzene rings is 1. The number of hydrogen-bond acceptors (Lipinski definition) is 5. The SMILES string of the molecule is Nc1ccncc1C(=O)Nc1nc2ccc(Cl)cc2s1. The van der Waals surface area contributed by atoms with Gasteiger partial charge in [0.15, 0.2) is 5.13 Å². The Balaban J connectivity index is 1.89. The molecule has 7 heteroatoms. The normalized spacial score (nSPS) is 10.7. The van der Waals surface area contributed by atoms with Gasteiger partial charge < -0.3 is 5.73 Å². The van der Waals surface area contributed by atoms with Gasteiger partial charge in [0, 0.05) is 23.1 Å². The predicted molar refractivity (Wildman–Crippen MR) is 81.2 cm³/mol. The number of carbonyl (C=O) groups excluding carboxylic acids is 1. The van der Waals surface area contributed by atoms with Crippen LogP contribution >= 0.6 is 22.9 Å². The molecule has 20 heavy (non-hydrogen) atoms. The van der Waals surface area contributed by atoms with E-state index in [0.29, 0.717) is 21.4 Å². The number of nitrogens with one attached hydrogen (secondary N) is 1. The third kappa shape index (κ3) is 2.43. The molecule has 1 aromatic carbocycles. The van der Waals surface area contributed by atoms with E-state index in [2.05, 4.69) is 15.3 Å². The maximum atomic E-state index is 12.1. The van der Waals surface area contributed by atoms with Gasteiger partial charge in [0.1, 0.15) is 0 Å². The molecule has 0 saturated heterocycles. The van der Waals surface area contributed by atoms with Crippen molar-refractivity contribution in [2.45, 2.75) is 0 Å². The number of nitrogen functional groups attached to an aromatic ring is 1. The fraction of sp³-hybridized carbons (Fsp3) is 0. The van der Waals surface area contributed by atoms with Crippen LogP contribution in [0.2, 0.25) is 5.02 Å². The quantitative estimate of drug-likeness (QED) is 0.762. The first-order valence-electron chi connectivity index (χ1n) is 5.70. The van der Waals surface area contributed by atoms with E-state index in [9.17, 15) is 4.79 Å². The standard InChI is InChI=1S/C13H9ClN4OS/c14-7-1-2-10-11(5-7)20-13(17-10)18-12(19)8-6-16-4-3-9(8)15/h1-6H,(H2,15,16)(H,17,18,19). The van der Waals surface area contributed by atoms with Crippen LogP contribution in [0, 0.1) is 0 Å². The number of hydrogen-bond donors (Lipinski definition) is 2. The number of aromatic nitrogens is 2. The lowest BCUT2D eigenvalue weighted by molar-refractivity contribution is 0.102. The summed E-state index contributed by atoms with van der Waals surface area (Å²) < 4.78 is 0.909. The number of pyridine rings is 1. The monoisotopic (exact) mass is 304 g/mol. The van der Waals surface area contributed by atoms with Crippen molar-refractivity contribution >= 4 is 49.9 Å². The van der Waals surface area contributed by atoms with Crippen molar-refractivity contribution in [3.05, 3.63) is 47.2 Å². The highest BCUT2D eigenvalue weighted by atomic mass is 35.5. The summed E-state index contributed by atoms with van der Waals surface area (Å²) >= 11 is 7.27. The first kappa shape index (κ1) is 12.8. The molecule has 0 atom stereocenters. The van der Waals surface area contributed by atoms with Gasteiger partial charge >= 0.3 is 0 Å². The van der Waals surface area contributed by atoms with Crippen LogP contribution in [0.5, 0.6) is 0 Å². The number of thiazole rings is 1. The van der Waals surface area contributed by atoms with E-state index in [1.165, 1.54) is 23.7 Å². The average molecular weight is 305 g/mol. The lowest BCUT2D eigenvalue weighted by Crippen LogP contribution is -2.14. The summed E-state index contributed by atoms with van der Waals surface area (Å²) in [6, 6.07) is 6.95. The molecule has 2 aromatic heterocycles. The number of fused-ring (bicyclic) bond motifs is 1. The summed E-state index contributed by atoms with van der Waals surface area (Å²) in [5.41, 5.74) is 7.22. The maximum Gasteiger partial charge on any atom is 0.261 e. The minimum Gasteiger partial charge on any atom is -0.398 e. The highest BCUT2D eigenvalue weighted by molar-refractivity contribution is 7.22. The Bertz CT molecular complexity index is 802. The molecule has 0 aliphatic heterocycles. The van der Waals surface area contributed by atoms with Gasteiger partial charge in [-0.1, -0.05) is 22.9 Å². The van der Waals surface area contributed by atoms with Crippen LogP contribution in [0.25, 0.3) is 10.2 Å². The Morgan fingerprint density at radius 1 is 1.35 bits per heavy atom. The number of rotatable bonds is 2. The number of carbonyl (C=O) groups is 1. The summed E-state index contributed by atoms with van der Waals surface area (Å²) in [6.45, 7) is 0. The maximum absolute atomic E-state index is 12.1. The minimum atomic E-state index is -0.333. The Morgan fingerprint density at radius 3 is 3.00 bits per heavy atom. The molecule has 0 aliphatic rings. The van der Waals surface area contributed by atoms with E-state index in [1.807, 2.05) is 12.1 Å². The smallest absolute Gasteiger partial charge is 0.261 e. The van der Waals surface area contributed by atoms with Gasteiger partial charge in [-0.25, -0.2) is 4.98 Å². The van der Waals surface area contributed by atoms with E-state index in [-0.39, 0.29) is 5.91 Å². The lowest BCUT2D eigenvalue weighted by Gasteiger charge is -2.03. The average Bonchev–Trinajstić information content (AvgIpc) is 2.80. The molecule has 5 nitrogen and oxygen atoms in total. The fourth-order valence-electron chi connectivity index (χ4n) is 1.71. The fourth-order valence-corrected chi connectivity index (χ4v) is 2.85. The zero-order valence-corrected chi connectivity index (χ0v) is 11.7. The molecule has 3 N–H and O–H groups in total. The Kier molecular flexibility index (Phi) is 3.25. The molecule has 0 radical (unpaired) electrons. The molecule has 100 valence electrons. The van der Waals surface area contributed by atoms with Crippen LogP contribution in [-0.4, -0.2) is 15.9 Å². The number of anilines is 2. The van der Waals surface area contributed by atoms with E-state index in [4.69, 9.17) is 17.3 Å². The van der Waals surface area contributed by atoms with Crippen LogP contribution in [0.15, 0.2) is 36.7 Å². The first-order valence-corrected chi connectivity index (χ1v) is 6.90. The van der Waals surface area contributed by atoms with Crippen molar-refractivity contribution in [1.82, 2.24) is 9.97 Å². The Labute approximate surface area is 123 Å². The molecular weight excluding hydrogens is 296 g/mol. The van der Waals surface area contributed by atoms with Crippen molar-refractivity contribution in [2.75, 3.05) is 11.1 Å². The van der Waals surface area contributed by atoms with Gasteiger partial charge in [0.25, 0.3) is 5.91 Å². The van der Waals surface area contributed by atoms with Gasteiger partial charge in [-0.05, 0) is 24.3 Å². The molecule has 2 heterocycles.